The molecule has 0 aliphatic rings. The fraction of sp³-hybridized carbons (Fsp3) is 0.154. The lowest BCUT2D eigenvalue weighted by atomic mass is 10.1. The van der Waals surface area contributed by atoms with Crippen molar-refractivity contribution < 1.29 is 13.9 Å². The molecule has 0 bridgehead atoms. The standard InChI is InChI=1S/C26H22FN5O2S/c1-15-5-4-10-28-25(15)34-22-8-6-17(11-20(22)27)12-24(33)30-26-29-21-13-18(7-9-23(21)35-26)19-14-32(3)31-16(19)2/h4-11,13-14H,12H2,1-3H3,(H,29,30,33). The Bertz CT molecular complexity index is 1560. The summed E-state index contributed by atoms with van der Waals surface area (Å²) in [6.45, 7) is 3.80. The topological polar surface area (TPSA) is 81.9 Å². The summed E-state index contributed by atoms with van der Waals surface area (Å²) < 4.78 is 22.9. The van der Waals surface area contributed by atoms with Gasteiger partial charge in [0.05, 0.1) is 22.3 Å². The molecule has 3 heterocycles. The number of hydrogen-bond donors (Lipinski definition) is 1. The minimum absolute atomic E-state index is 0.00979. The number of hydrogen-bond acceptors (Lipinski definition) is 6. The highest BCUT2D eigenvalue weighted by atomic mass is 32.1. The average molecular weight is 488 g/mol. The summed E-state index contributed by atoms with van der Waals surface area (Å²) in [5.41, 5.74) is 5.12. The highest BCUT2D eigenvalue weighted by Gasteiger charge is 2.14. The van der Waals surface area contributed by atoms with E-state index < -0.39 is 5.82 Å². The van der Waals surface area contributed by atoms with Gasteiger partial charge in [-0.3, -0.25) is 9.48 Å². The molecule has 1 amide bonds. The number of nitrogens with one attached hydrogen (secondary N) is 1. The number of aryl methyl sites for hydroxylation is 3. The summed E-state index contributed by atoms with van der Waals surface area (Å²) in [6, 6.07) is 14.1. The SMILES string of the molecule is Cc1cccnc1Oc1ccc(CC(=O)Nc2nc3cc(-c4cn(C)nc4C)ccc3s2)cc1F. The van der Waals surface area contributed by atoms with Gasteiger partial charge in [0.15, 0.2) is 16.7 Å². The molecule has 1 N–H and O–H groups in total. The number of pyridine rings is 1. The molecule has 0 spiro atoms. The van der Waals surface area contributed by atoms with E-state index in [1.54, 1.807) is 23.0 Å². The molecule has 0 unspecified atom stereocenters. The van der Waals surface area contributed by atoms with Gasteiger partial charge in [-0.2, -0.15) is 5.10 Å². The number of ether oxygens (including phenoxy) is 1. The van der Waals surface area contributed by atoms with Crippen LogP contribution < -0.4 is 10.1 Å². The third-order valence-corrected chi connectivity index (χ3v) is 6.44. The van der Waals surface area contributed by atoms with Crippen molar-refractivity contribution in [3.05, 3.63) is 83.6 Å². The Hall–Kier alpha value is -4.11. The largest absolute Gasteiger partial charge is 0.436 e. The lowest BCUT2D eigenvalue weighted by Crippen LogP contribution is -2.14. The van der Waals surface area contributed by atoms with E-state index in [1.165, 1.54) is 23.5 Å². The van der Waals surface area contributed by atoms with Crippen LogP contribution in [-0.4, -0.2) is 25.7 Å². The molecular formula is C26H22FN5O2S. The Kier molecular flexibility index (Phi) is 6.00. The molecule has 3 aromatic heterocycles. The predicted molar refractivity (Wildman–Crippen MR) is 134 cm³/mol. The molecular weight excluding hydrogens is 465 g/mol. The summed E-state index contributed by atoms with van der Waals surface area (Å²) >= 11 is 1.39. The number of anilines is 1. The number of halogens is 1. The van der Waals surface area contributed by atoms with Crippen LogP contribution in [0.3, 0.4) is 0 Å². The van der Waals surface area contributed by atoms with Crippen LogP contribution in [0.5, 0.6) is 11.6 Å². The molecule has 0 atom stereocenters. The maximum absolute atomic E-state index is 14.6. The van der Waals surface area contributed by atoms with Crippen LogP contribution in [0.15, 0.2) is 60.9 Å². The van der Waals surface area contributed by atoms with E-state index in [2.05, 4.69) is 20.4 Å². The van der Waals surface area contributed by atoms with Crippen molar-refractivity contribution in [3.8, 4) is 22.8 Å². The Balaban J connectivity index is 1.27. The third kappa shape index (κ3) is 4.90. The zero-order valence-electron chi connectivity index (χ0n) is 19.4. The maximum Gasteiger partial charge on any atom is 0.230 e. The first-order chi connectivity index (χ1) is 16.9. The van der Waals surface area contributed by atoms with E-state index in [-0.39, 0.29) is 18.1 Å². The lowest BCUT2D eigenvalue weighted by molar-refractivity contribution is -0.115. The predicted octanol–water partition coefficient (Wildman–Crippen LogP) is 5.82. The molecule has 0 fully saturated rings. The van der Waals surface area contributed by atoms with Gasteiger partial charge >= 0.3 is 0 Å². The number of amides is 1. The van der Waals surface area contributed by atoms with Gasteiger partial charge in [0.25, 0.3) is 0 Å². The summed E-state index contributed by atoms with van der Waals surface area (Å²) in [5, 5.41) is 7.71. The molecule has 35 heavy (non-hydrogen) atoms. The average Bonchev–Trinajstić information content (AvgIpc) is 3.37. The number of benzene rings is 2. The second-order valence-electron chi connectivity index (χ2n) is 8.22. The monoisotopic (exact) mass is 487 g/mol. The van der Waals surface area contributed by atoms with Crippen LogP contribution >= 0.6 is 11.3 Å². The molecule has 9 heteroatoms. The number of thiazole rings is 1. The van der Waals surface area contributed by atoms with Crippen molar-refractivity contribution in [2.24, 2.45) is 7.05 Å². The smallest absolute Gasteiger partial charge is 0.230 e. The maximum atomic E-state index is 14.6. The van der Waals surface area contributed by atoms with Gasteiger partial charge in [-0.15, -0.1) is 0 Å². The molecule has 0 radical (unpaired) electrons. The van der Waals surface area contributed by atoms with Gasteiger partial charge in [-0.1, -0.05) is 29.5 Å². The Morgan fingerprint density at radius 3 is 2.77 bits per heavy atom. The van der Waals surface area contributed by atoms with Crippen molar-refractivity contribution in [3.63, 3.8) is 0 Å². The normalized spacial score (nSPS) is 11.1. The number of carbonyl (C=O) groups is 1. The Morgan fingerprint density at radius 1 is 1.17 bits per heavy atom. The van der Waals surface area contributed by atoms with E-state index in [4.69, 9.17) is 4.74 Å². The summed E-state index contributed by atoms with van der Waals surface area (Å²) in [4.78, 5) is 21.3. The van der Waals surface area contributed by atoms with Crippen LogP contribution in [0.1, 0.15) is 16.8 Å². The highest BCUT2D eigenvalue weighted by Crippen LogP contribution is 2.31. The highest BCUT2D eigenvalue weighted by molar-refractivity contribution is 7.22. The number of fused-ring (bicyclic) bond motifs is 1. The Labute approximate surface area is 205 Å². The first-order valence-electron chi connectivity index (χ1n) is 10.9. The van der Waals surface area contributed by atoms with E-state index in [0.717, 1.165) is 32.6 Å². The van der Waals surface area contributed by atoms with Crippen LogP contribution in [-0.2, 0) is 18.3 Å². The molecule has 0 aliphatic heterocycles. The lowest BCUT2D eigenvalue weighted by Gasteiger charge is -2.09. The van der Waals surface area contributed by atoms with Crippen LogP contribution in [0, 0.1) is 19.7 Å². The summed E-state index contributed by atoms with van der Waals surface area (Å²) in [6.07, 6.45) is 3.57. The number of nitrogens with zero attached hydrogens (tertiary/aromatic N) is 4. The van der Waals surface area contributed by atoms with Crippen molar-refractivity contribution in [2.75, 3.05) is 5.32 Å². The Morgan fingerprint density at radius 2 is 2.03 bits per heavy atom. The van der Waals surface area contributed by atoms with Gasteiger partial charge in [-0.25, -0.2) is 14.4 Å². The van der Waals surface area contributed by atoms with Gasteiger partial charge in [-0.05, 0) is 55.3 Å². The molecule has 2 aromatic carbocycles. The van der Waals surface area contributed by atoms with E-state index in [0.29, 0.717) is 16.6 Å². The summed E-state index contributed by atoms with van der Waals surface area (Å²) in [7, 11) is 1.89. The first-order valence-corrected chi connectivity index (χ1v) is 11.8. The van der Waals surface area contributed by atoms with Crippen molar-refractivity contribution in [1.29, 1.82) is 0 Å². The zero-order valence-corrected chi connectivity index (χ0v) is 20.2. The van der Waals surface area contributed by atoms with Crippen molar-refractivity contribution in [2.45, 2.75) is 20.3 Å². The van der Waals surface area contributed by atoms with E-state index in [9.17, 15) is 9.18 Å². The van der Waals surface area contributed by atoms with E-state index >= 15 is 0 Å². The molecule has 5 aromatic rings. The molecule has 7 nitrogen and oxygen atoms in total. The van der Waals surface area contributed by atoms with Crippen LogP contribution in [0.25, 0.3) is 21.3 Å². The number of aromatic nitrogens is 4. The van der Waals surface area contributed by atoms with Crippen LogP contribution in [0.2, 0.25) is 0 Å². The second kappa shape index (κ2) is 9.27. The third-order valence-electron chi connectivity index (χ3n) is 5.49. The van der Waals surface area contributed by atoms with Gasteiger partial charge in [0.2, 0.25) is 11.8 Å². The molecule has 0 aliphatic carbocycles. The number of carbonyl (C=O) groups excluding carboxylic acids is 1. The fourth-order valence-electron chi connectivity index (χ4n) is 3.80. The van der Waals surface area contributed by atoms with Gasteiger partial charge < -0.3 is 10.1 Å². The fourth-order valence-corrected chi connectivity index (χ4v) is 4.66. The summed E-state index contributed by atoms with van der Waals surface area (Å²) in [5.74, 6) is -0.434. The minimum atomic E-state index is -0.557. The molecule has 0 saturated heterocycles. The molecule has 5 rings (SSSR count). The molecule has 0 saturated carbocycles. The van der Waals surface area contributed by atoms with E-state index in [1.807, 2.05) is 51.4 Å². The van der Waals surface area contributed by atoms with Crippen molar-refractivity contribution in [1.82, 2.24) is 19.7 Å². The van der Waals surface area contributed by atoms with Crippen molar-refractivity contribution >= 4 is 32.6 Å². The second-order valence-corrected chi connectivity index (χ2v) is 9.25. The van der Waals surface area contributed by atoms with Crippen LogP contribution in [0.4, 0.5) is 9.52 Å². The van der Waals surface area contributed by atoms with Gasteiger partial charge in [0, 0.05) is 30.6 Å². The first kappa shape index (κ1) is 22.7. The molecule has 176 valence electrons. The minimum Gasteiger partial charge on any atom is -0.436 e. The van der Waals surface area contributed by atoms with Gasteiger partial charge in [0.1, 0.15) is 0 Å². The zero-order chi connectivity index (χ0) is 24.5. The number of rotatable bonds is 6. The quantitative estimate of drug-likeness (QED) is 0.326.